The van der Waals surface area contributed by atoms with Crippen LogP contribution in [0.25, 0.3) is 0 Å². The second kappa shape index (κ2) is 6.15. The molecular weight excluding hydrogens is 258 g/mol. The van der Waals surface area contributed by atoms with E-state index >= 15 is 0 Å². The minimum atomic E-state index is 0.0908. The molecule has 0 bridgehead atoms. The van der Waals surface area contributed by atoms with Crippen molar-refractivity contribution in [2.24, 2.45) is 5.92 Å². The highest BCUT2D eigenvalue weighted by atomic mass is 35.5. The molecule has 0 spiro atoms. The fourth-order valence-corrected chi connectivity index (χ4v) is 2.32. The van der Waals surface area contributed by atoms with Crippen LogP contribution < -0.4 is 10.1 Å². The summed E-state index contributed by atoms with van der Waals surface area (Å²) in [7, 11) is 0. The highest BCUT2D eigenvalue weighted by Crippen LogP contribution is 2.32. The molecule has 0 aliphatic heterocycles. The van der Waals surface area contributed by atoms with Gasteiger partial charge in [-0.1, -0.05) is 30.2 Å². The van der Waals surface area contributed by atoms with Gasteiger partial charge in [0.05, 0.1) is 11.6 Å². The van der Waals surface area contributed by atoms with Crippen molar-refractivity contribution in [3.63, 3.8) is 0 Å². The van der Waals surface area contributed by atoms with Gasteiger partial charge in [0.1, 0.15) is 5.75 Å². The van der Waals surface area contributed by atoms with E-state index in [0.29, 0.717) is 5.02 Å². The Bertz CT molecular complexity index is 421. The Hall–Kier alpha value is -0.730. The molecule has 1 aliphatic rings. The molecule has 1 saturated carbocycles. The highest BCUT2D eigenvalue weighted by Gasteiger charge is 2.19. The number of para-hydroxylation sites is 1. The van der Waals surface area contributed by atoms with Crippen molar-refractivity contribution in [2.45, 2.75) is 52.1 Å². The molecule has 0 amide bonds. The maximum Gasteiger partial charge on any atom is 0.142 e. The first-order chi connectivity index (χ1) is 8.96. The van der Waals surface area contributed by atoms with Crippen molar-refractivity contribution >= 4 is 11.6 Å². The van der Waals surface area contributed by atoms with Crippen LogP contribution in [0.15, 0.2) is 18.2 Å². The molecule has 0 heterocycles. The van der Waals surface area contributed by atoms with E-state index in [9.17, 15) is 0 Å². The lowest BCUT2D eigenvalue weighted by Crippen LogP contribution is -2.35. The van der Waals surface area contributed by atoms with Crippen LogP contribution in [-0.2, 0) is 6.54 Å². The van der Waals surface area contributed by atoms with Crippen LogP contribution in [0, 0.1) is 5.92 Å². The first kappa shape index (κ1) is 14.7. The summed E-state index contributed by atoms with van der Waals surface area (Å²) >= 11 is 6.27. The largest absolute Gasteiger partial charge is 0.491 e. The smallest absolute Gasteiger partial charge is 0.142 e. The summed E-state index contributed by atoms with van der Waals surface area (Å²) in [5.41, 5.74) is 1.23. The van der Waals surface area contributed by atoms with E-state index in [2.05, 4.69) is 32.2 Å². The summed E-state index contributed by atoms with van der Waals surface area (Å²) in [5, 5.41) is 4.20. The molecule has 0 atom stereocenters. The minimum Gasteiger partial charge on any atom is -0.491 e. The van der Waals surface area contributed by atoms with Gasteiger partial charge in [0.15, 0.2) is 0 Å². The van der Waals surface area contributed by atoms with Crippen LogP contribution in [0.3, 0.4) is 0 Å². The maximum absolute atomic E-state index is 6.27. The Labute approximate surface area is 121 Å². The molecule has 1 aromatic carbocycles. The van der Waals surface area contributed by atoms with Gasteiger partial charge < -0.3 is 10.1 Å². The van der Waals surface area contributed by atoms with Crippen molar-refractivity contribution in [2.75, 3.05) is 6.61 Å². The molecule has 1 aromatic rings. The predicted molar refractivity (Wildman–Crippen MR) is 80.9 cm³/mol. The van der Waals surface area contributed by atoms with Crippen LogP contribution in [0.4, 0.5) is 0 Å². The molecule has 1 aliphatic carbocycles. The molecule has 0 aromatic heterocycles. The lowest BCUT2D eigenvalue weighted by Gasteiger charge is -2.26. The number of rotatable bonds is 5. The molecule has 1 N–H and O–H groups in total. The monoisotopic (exact) mass is 281 g/mol. The van der Waals surface area contributed by atoms with Gasteiger partial charge in [-0.25, -0.2) is 0 Å². The molecule has 1 fully saturated rings. The number of benzene rings is 1. The summed E-state index contributed by atoms with van der Waals surface area (Å²) in [6.07, 6.45) is 3.93. The van der Waals surface area contributed by atoms with Crippen LogP contribution in [0.1, 0.15) is 45.6 Å². The fraction of sp³-hybridized carbons (Fsp3) is 0.625. The van der Waals surface area contributed by atoms with Crippen molar-refractivity contribution in [3.05, 3.63) is 28.8 Å². The molecular formula is C16H24ClNO. The third kappa shape index (κ3) is 4.39. The van der Waals surface area contributed by atoms with Crippen LogP contribution in [-0.4, -0.2) is 12.1 Å². The molecule has 0 radical (unpaired) electrons. The zero-order valence-corrected chi connectivity index (χ0v) is 12.9. The number of hydrogen-bond acceptors (Lipinski definition) is 2. The Morgan fingerprint density at radius 2 is 2.05 bits per heavy atom. The fourth-order valence-electron chi connectivity index (χ4n) is 2.08. The zero-order chi connectivity index (χ0) is 13.9. The third-order valence-corrected chi connectivity index (χ3v) is 3.84. The number of halogens is 1. The van der Waals surface area contributed by atoms with E-state index in [1.165, 1.54) is 19.3 Å². The summed E-state index contributed by atoms with van der Waals surface area (Å²) in [6.45, 7) is 8.06. The topological polar surface area (TPSA) is 21.3 Å². The van der Waals surface area contributed by atoms with Crippen LogP contribution >= 0.6 is 11.6 Å². The van der Waals surface area contributed by atoms with E-state index in [1.54, 1.807) is 0 Å². The van der Waals surface area contributed by atoms with E-state index in [0.717, 1.165) is 30.4 Å². The van der Waals surface area contributed by atoms with Gasteiger partial charge in [-0.15, -0.1) is 0 Å². The second-order valence-corrected chi connectivity index (χ2v) is 6.85. The summed E-state index contributed by atoms with van der Waals surface area (Å²) in [6, 6.07) is 5.97. The summed E-state index contributed by atoms with van der Waals surface area (Å²) in [4.78, 5) is 0. The lowest BCUT2D eigenvalue weighted by molar-refractivity contribution is 0.179. The van der Waals surface area contributed by atoms with Crippen molar-refractivity contribution in [3.8, 4) is 5.75 Å². The summed E-state index contributed by atoms with van der Waals surface area (Å²) in [5.74, 6) is 1.58. The Morgan fingerprint density at radius 1 is 1.32 bits per heavy atom. The number of nitrogens with one attached hydrogen (secondary N) is 1. The van der Waals surface area contributed by atoms with Crippen molar-refractivity contribution in [1.82, 2.24) is 5.32 Å². The average molecular weight is 282 g/mol. The Balaban J connectivity index is 2.01. The minimum absolute atomic E-state index is 0.0908. The van der Waals surface area contributed by atoms with E-state index in [-0.39, 0.29) is 5.54 Å². The first-order valence-corrected chi connectivity index (χ1v) is 7.49. The molecule has 0 unspecified atom stereocenters. The molecule has 19 heavy (non-hydrogen) atoms. The van der Waals surface area contributed by atoms with Gasteiger partial charge in [-0.2, -0.15) is 0 Å². The van der Waals surface area contributed by atoms with Crippen LogP contribution in [0.5, 0.6) is 5.75 Å². The second-order valence-electron chi connectivity index (χ2n) is 6.44. The van der Waals surface area contributed by atoms with Gasteiger partial charge >= 0.3 is 0 Å². The predicted octanol–water partition coefficient (Wildman–Crippen LogP) is 4.41. The van der Waals surface area contributed by atoms with Gasteiger partial charge in [-0.3, -0.25) is 0 Å². The average Bonchev–Trinajstić information content (AvgIpc) is 2.26. The van der Waals surface area contributed by atoms with E-state index in [4.69, 9.17) is 16.3 Å². The van der Waals surface area contributed by atoms with E-state index in [1.807, 2.05) is 12.1 Å². The molecule has 2 nitrogen and oxygen atoms in total. The van der Waals surface area contributed by atoms with Gasteiger partial charge in [0.2, 0.25) is 0 Å². The summed E-state index contributed by atoms with van der Waals surface area (Å²) < 4.78 is 5.97. The van der Waals surface area contributed by atoms with Gasteiger partial charge in [-0.05, 0) is 45.6 Å². The van der Waals surface area contributed by atoms with Crippen molar-refractivity contribution < 1.29 is 4.74 Å². The number of ether oxygens (including phenoxy) is 1. The molecule has 2 rings (SSSR count). The standard InChI is InChI=1S/C16H24ClNO/c1-16(2,3)18-10-13-8-5-9-14(17)15(13)19-11-12-6-4-7-12/h5,8-9,12,18H,4,6-7,10-11H2,1-3H3. The zero-order valence-electron chi connectivity index (χ0n) is 12.1. The third-order valence-electron chi connectivity index (χ3n) is 3.55. The quantitative estimate of drug-likeness (QED) is 0.863. The lowest BCUT2D eigenvalue weighted by atomic mass is 9.86. The highest BCUT2D eigenvalue weighted by molar-refractivity contribution is 6.32. The maximum atomic E-state index is 6.27. The first-order valence-electron chi connectivity index (χ1n) is 7.11. The SMILES string of the molecule is CC(C)(C)NCc1cccc(Cl)c1OCC1CCC1. The van der Waals surface area contributed by atoms with Crippen molar-refractivity contribution in [1.29, 1.82) is 0 Å². The molecule has 106 valence electrons. The Kier molecular flexibility index (Phi) is 4.75. The van der Waals surface area contributed by atoms with Gasteiger partial charge in [0.25, 0.3) is 0 Å². The number of hydrogen-bond donors (Lipinski definition) is 1. The Morgan fingerprint density at radius 3 is 2.63 bits per heavy atom. The normalized spacial score (nSPS) is 16.2. The van der Waals surface area contributed by atoms with Gasteiger partial charge in [0, 0.05) is 17.6 Å². The van der Waals surface area contributed by atoms with Crippen LogP contribution in [0.2, 0.25) is 5.02 Å². The molecule has 3 heteroatoms. The van der Waals surface area contributed by atoms with E-state index < -0.39 is 0 Å². The molecule has 0 saturated heterocycles.